The van der Waals surface area contributed by atoms with Crippen molar-refractivity contribution in [2.75, 3.05) is 11.9 Å². The number of aryl methyl sites for hydroxylation is 2. The average molecular weight is 486 g/mol. The number of hydrogen-bond acceptors (Lipinski definition) is 4. The van der Waals surface area contributed by atoms with Crippen molar-refractivity contribution in [1.29, 1.82) is 0 Å². The molecule has 36 heavy (non-hydrogen) atoms. The SMILES string of the molecule is Cc1ccnc(C)c1-c1ccc(NC(=O)C(NC(=O)c2ccc3n2CCNC3)C2CCCCC2)cc1. The smallest absolute Gasteiger partial charge is 0.268 e. The maximum Gasteiger partial charge on any atom is 0.268 e. The molecule has 1 aliphatic carbocycles. The number of aromatic nitrogens is 2. The van der Waals surface area contributed by atoms with E-state index >= 15 is 0 Å². The summed E-state index contributed by atoms with van der Waals surface area (Å²) in [6, 6.07) is 13.2. The summed E-state index contributed by atoms with van der Waals surface area (Å²) in [5.41, 5.74) is 6.80. The van der Waals surface area contributed by atoms with Gasteiger partial charge in [0.15, 0.2) is 0 Å². The molecule has 188 valence electrons. The van der Waals surface area contributed by atoms with E-state index in [2.05, 4.69) is 32.4 Å². The molecule has 1 atom stereocenters. The fourth-order valence-corrected chi connectivity index (χ4v) is 5.68. The van der Waals surface area contributed by atoms with Crippen molar-refractivity contribution in [2.45, 2.75) is 65.1 Å². The van der Waals surface area contributed by atoms with E-state index in [0.717, 1.165) is 73.5 Å². The van der Waals surface area contributed by atoms with Crippen LogP contribution in [0.5, 0.6) is 0 Å². The van der Waals surface area contributed by atoms with Crippen LogP contribution in [-0.4, -0.2) is 34.0 Å². The third-order valence-corrected chi connectivity index (χ3v) is 7.60. The maximum atomic E-state index is 13.5. The number of rotatable bonds is 6. The lowest BCUT2D eigenvalue weighted by Crippen LogP contribution is -2.49. The molecule has 2 amide bonds. The van der Waals surface area contributed by atoms with Gasteiger partial charge in [-0.25, -0.2) is 0 Å². The minimum Gasteiger partial charge on any atom is -0.339 e. The maximum absolute atomic E-state index is 13.5. The Kier molecular flexibility index (Phi) is 7.18. The van der Waals surface area contributed by atoms with Crippen LogP contribution in [0, 0.1) is 19.8 Å². The van der Waals surface area contributed by atoms with E-state index in [1.54, 1.807) is 0 Å². The molecule has 3 N–H and O–H groups in total. The normalized spacial score (nSPS) is 16.7. The Hall–Kier alpha value is -3.45. The third kappa shape index (κ3) is 5.07. The lowest BCUT2D eigenvalue weighted by molar-refractivity contribution is -0.119. The molecule has 1 unspecified atom stereocenters. The van der Waals surface area contributed by atoms with Gasteiger partial charge < -0.3 is 20.5 Å². The minimum absolute atomic E-state index is 0.139. The standard InChI is InChI=1S/C29H35N5O2/c1-19-14-15-31-20(2)26(19)21-8-10-23(11-9-21)32-29(36)27(22-6-4-3-5-7-22)33-28(35)25-13-12-24-18-30-16-17-34(24)25/h8-15,22,27,30H,3-7,16-18H2,1-2H3,(H,32,36)(H,33,35). The Balaban J connectivity index is 1.33. The summed E-state index contributed by atoms with van der Waals surface area (Å²) in [5.74, 6) is -0.185. The van der Waals surface area contributed by atoms with Gasteiger partial charge in [0, 0.05) is 48.5 Å². The lowest BCUT2D eigenvalue weighted by atomic mass is 9.83. The first-order valence-corrected chi connectivity index (χ1v) is 13.0. The van der Waals surface area contributed by atoms with E-state index in [0.29, 0.717) is 5.69 Å². The van der Waals surface area contributed by atoms with E-state index < -0.39 is 6.04 Å². The zero-order chi connectivity index (χ0) is 25.1. The molecule has 0 saturated heterocycles. The van der Waals surface area contributed by atoms with Crippen molar-refractivity contribution in [3.63, 3.8) is 0 Å². The van der Waals surface area contributed by atoms with Crippen LogP contribution in [0.15, 0.2) is 48.7 Å². The van der Waals surface area contributed by atoms with Gasteiger partial charge in [-0.05, 0) is 74.1 Å². The minimum atomic E-state index is -0.562. The predicted octanol–water partition coefficient (Wildman–Crippen LogP) is 4.59. The molecule has 7 nitrogen and oxygen atoms in total. The van der Waals surface area contributed by atoms with Crippen molar-refractivity contribution in [2.24, 2.45) is 5.92 Å². The van der Waals surface area contributed by atoms with Crippen molar-refractivity contribution in [1.82, 2.24) is 20.2 Å². The van der Waals surface area contributed by atoms with Crippen LogP contribution in [0.3, 0.4) is 0 Å². The van der Waals surface area contributed by atoms with Gasteiger partial charge in [0.1, 0.15) is 11.7 Å². The average Bonchev–Trinajstić information content (AvgIpc) is 3.33. The number of pyridine rings is 1. The molecule has 0 bridgehead atoms. The Morgan fingerprint density at radius 1 is 1.03 bits per heavy atom. The fourth-order valence-electron chi connectivity index (χ4n) is 5.68. The van der Waals surface area contributed by atoms with Gasteiger partial charge in [-0.1, -0.05) is 31.4 Å². The largest absolute Gasteiger partial charge is 0.339 e. The number of fused-ring (bicyclic) bond motifs is 1. The van der Waals surface area contributed by atoms with Crippen LogP contribution < -0.4 is 16.0 Å². The van der Waals surface area contributed by atoms with Crippen LogP contribution in [0.25, 0.3) is 11.1 Å². The second-order valence-corrected chi connectivity index (χ2v) is 10.0. The first-order chi connectivity index (χ1) is 17.5. The van der Waals surface area contributed by atoms with Gasteiger partial charge in [-0.3, -0.25) is 14.6 Å². The highest BCUT2D eigenvalue weighted by Crippen LogP contribution is 2.29. The monoisotopic (exact) mass is 485 g/mol. The molecule has 2 aromatic heterocycles. The van der Waals surface area contributed by atoms with Crippen LogP contribution in [0.2, 0.25) is 0 Å². The number of anilines is 1. The summed E-state index contributed by atoms with van der Waals surface area (Å²) < 4.78 is 2.06. The van der Waals surface area contributed by atoms with Gasteiger partial charge in [0.05, 0.1) is 0 Å². The Bertz CT molecular complexity index is 1220. The molecule has 1 aromatic carbocycles. The Morgan fingerprint density at radius 3 is 2.56 bits per heavy atom. The first-order valence-electron chi connectivity index (χ1n) is 13.0. The number of nitrogens with one attached hydrogen (secondary N) is 3. The van der Waals surface area contributed by atoms with Crippen LogP contribution in [-0.2, 0) is 17.9 Å². The molecule has 5 rings (SSSR count). The van der Waals surface area contributed by atoms with Crippen LogP contribution >= 0.6 is 0 Å². The highest BCUT2D eigenvalue weighted by Gasteiger charge is 2.32. The van der Waals surface area contributed by atoms with Gasteiger partial charge >= 0.3 is 0 Å². The Labute approximate surface area is 212 Å². The van der Waals surface area contributed by atoms with Gasteiger partial charge in [-0.2, -0.15) is 0 Å². The Morgan fingerprint density at radius 2 is 1.81 bits per heavy atom. The van der Waals surface area contributed by atoms with Gasteiger partial charge in [0.25, 0.3) is 5.91 Å². The summed E-state index contributed by atoms with van der Waals surface area (Å²) in [5, 5.41) is 9.52. The van der Waals surface area contributed by atoms with E-state index in [9.17, 15) is 9.59 Å². The summed E-state index contributed by atoms with van der Waals surface area (Å²) >= 11 is 0. The quantitative estimate of drug-likeness (QED) is 0.477. The number of carbonyl (C=O) groups excluding carboxylic acids is 2. The van der Waals surface area contributed by atoms with Gasteiger partial charge in [-0.15, -0.1) is 0 Å². The second kappa shape index (κ2) is 10.7. The molecule has 3 heterocycles. The molecule has 0 radical (unpaired) electrons. The summed E-state index contributed by atoms with van der Waals surface area (Å²) in [4.78, 5) is 31.3. The lowest BCUT2D eigenvalue weighted by Gasteiger charge is -2.30. The van der Waals surface area contributed by atoms with Crippen molar-refractivity contribution in [3.05, 3.63) is 71.3 Å². The van der Waals surface area contributed by atoms with E-state index in [-0.39, 0.29) is 17.7 Å². The molecule has 3 aromatic rings. The number of carbonyl (C=O) groups is 2. The fraction of sp³-hybridized carbons (Fsp3) is 0.414. The third-order valence-electron chi connectivity index (χ3n) is 7.60. The summed E-state index contributed by atoms with van der Waals surface area (Å²) in [6.07, 6.45) is 7.10. The molecule has 1 fully saturated rings. The molecular formula is C29H35N5O2. The molecule has 2 aliphatic rings. The van der Waals surface area contributed by atoms with Crippen LogP contribution in [0.1, 0.15) is 59.5 Å². The number of benzene rings is 1. The van der Waals surface area contributed by atoms with E-state index in [1.807, 2.05) is 55.6 Å². The molecule has 0 spiro atoms. The number of hydrogen-bond donors (Lipinski definition) is 3. The summed E-state index contributed by atoms with van der Waals surface area (Å²) in [7, 11) is 0. The number of nitrogens with zero attached hydrogens (tertiary/aromatic N) is 2. The molecule has 7 heteroatoms. The topological polar surface area (TPSA) is 88.1 Å². The van der Waals surface area contributed by atoms with Crippen LogP contribution in [0.4, 0.5) is 5.69 Å². The van der Waals surface area contributed by atoms with Crippen molar-refractivity contribution in [3.8, 4) is 11.1 Å². The zero-order valence-corrected chi connectivity index (χ0v) is 21.1. The zero-order valence-electron chi connectivity index (χ0n) is 21.1. The molecule has 1 aliphatic heterocycles. The highest BCUT2D eigenvalue weighted by molar-refractivity contribution is 6.01. The highest BCUT2D eigenvalue weighted by atomic mass is 16.2. The number of amides is 2. The molecule has 1 saturated carbocycles. The van der Waals surface area contributed by atoms with Crippen molar-refractivity contribution < 1.29 is 9.59 Å². The second-order valence-electron chi connectivity index (χ2n) is 10.0. The predicted molar refractivity (Wildman–Crippen MR) is 142 cm³/mol. The molecular weight excluding hydrogens is 450 g/mol. The van der Waals surface area contributed by atoms with E-state index in [4.69, 9.17) is 0 Å². The van der Waals surface area contributed by atoms with E-state index in [1.165, 1.54) is 12.0 Å². The first kappa shape index (κ1) is 24.3. The van der Waals surface area contributed by atoms with Gasteiger partial charge in [0.2, 0.25) is 5.91 Å². The summed E-state index contributed by atoms with van der Waals surface area (Å²) in [6.45, 7) is 6.44. The van der Waals surface area contributed by atoms with Crippen molar-refractivity contribution >= 4 is 17.5 Å².